The molecule has 0 aromatic heterocycles. The van der Waals surface area contributed by atoms with Crippen LogP contribution in [-0.2, 0) is 22.6 Å². The molecule has 5 nitrogen and oxygen atoms in total. The number of nitrogens with one attached hydrogen (secondary N) is 1. The van der Waals surface area contributed by atoms with Crippen LogP contribution >= 0.6 is 12.4 Å². The molecule has 10 heteroatoms. The average Bonchev–Trinajstić information content (AvgIpc) is 2.59. The number of hydrogen-bond acceptors (Lipinski definition) is 4. The molecule has 0 fully saturated rings. The Bertz CT molecular complexity index is 858. The maximum atomic E-state index is 12.5. The minimum atomic E-state index is -4.35. The molecule has 0 saturated heterocycles. The summed E-state index contributed by atoms with van der Waals surface area (Å²) in [5.74, 6) is 0.398. The molecule has 0 aliphatic heterocycles. The molecule has 29 heavy (non-hydrogen) atoms. The quantitative estimate of drug-likeness (QED) is 0.623. The Kier molecular flexibility index (Phi) is 9.25. The number of benzene rings is 2. The molecular formula is C19H24ClF3N2O3S. The van der Waals surface area contributed by atoms with E-state index in [0.29, 0.717) is 24.6 Å². The highest BCUT2D eigenvalue weighted by molar-refractivity contribution is 7.92. The lowest BCUT2D eigenvalue weighted by Gasteiger charge is -2.17. The van der Waals surface area contributed by atoms with Crippen molar-refractivity contribution >= 4 is 28.1 Å². The van der Waals surface area contributed by atoms with Gasteiger partial charge in [0.25, 0.3) is 0 Å². The predicted molar refractivity (Wildman–Crippen MR) is 110 cm³/mol. The summed E-state index contributed by atoms with van der Waals surface area (Å²) in [6, 6.07) is 11.8. The fourth-order valence-electron chi connectivity index (χ4n) is 2.44. The Morgan fingerprint density at radius 2 is 1.59 bits per heavy atom. The minimum Gasteiger partial charge on any atom is -0.492 e. The number of nitrogens with zero attached hydrogens (tertiary/aromatic N) is 1. The van der Waals surface area contributed by atoms with Gasteiger partial charge in [0.1, 0.15) is 12.4 Å². The van der Waals surface area contributed by atoms with Crippen LogP contribution in [0.4, 0.5) is 18.9 Å². The molecule has 0 aliphatic carbocycles. The lowest BCUT2D eigenvalue weighted by molar-refractivity contribution is -0.137. The van der Waals surface area contributed by atoms with Gasteiger partial charge in [0.15, 0.2) is 0 Å². The van der Waals surface area contributed by atoms with E-state index in [0.717, 1.165) is 36.9 Å². The normalized spacial score (nSPS) is 11.8. The van der Waals surface area contributed by atoms with Crippen LogP contribution in [0.5, 0.6) is 5.75 Å². The van der Waals surface area contributed by atoms with Crippen molar-refractivity contribution in [2.75, 3.05) is 37.7 Å². The van der Waals surface area contributed by atoms with Crippen LogP contribution < -0.4 is 9.46 Å². The Labute approximate surface area is 175 Å². The molecule has 0 spiro atoms. The van der Waals surface area contributed by atoms with Gasteiger partial charge in [-0.2, -0.15) is 13.2 Å². The van der Waals surface area contributed by atoms with Crippen molar-refractivity contribution in [2.45, 2.75) is 12.6 Å². The lowest BCUT2D eigenvalue weighted by atomic mass is 10.1. The average molecular weight is 453 g/mol. The third kappa shape index (κ3) is 9.38. The largest absolute Gasteiger partial charge is 0.492 e. The second-order valence-corrected chi connectivity index (χ2v) is 8.24. The van der Waals surface area contributed by atoms with Gasteiger partial charge in [0, 0.05) is 18.8 Å². The van der Waals surface area contributed by atoms with E-state index in [9.17, 15) is 21.6 Å². The number of likely N-dealkylation sites (N-methyl/N-ethyl adjacent to an activating group) is 1. The predicted octanol–water partition coefficient (Wildman–Crippen LogP) is 4.05. The topological polar surface area (TPSA) is 58.6 Å². The summed E-state index contributed by atoms with van der Waals surface area (Å²) in [6.07, 6.45) is -2.48. The Hall–Kier alpha value is -1.97. The maximum Gasteiger partial charge on any atom is 0.416 e. The van der Waals surface area contributed by atoms with Crippen LogP contribution in [0.25, 0.3) is 0 Å². The fourth-order valence-corrected chi connectivity index (χ4v) is 3.01. The number of halogens is 4. The van der Waals surface area contributed by atoms with Crippen LogP contribution in [0.2, 0.25) is 0 Å². The van der Waals surface area contributed by atoms with Crippen LogP contribution in [0.1, 0.15) is 11.1 Å². The standard InChI is InChI=1S/C19H23F3N2O3S.ClH/c1-24(12-11-15-3-7-17(8-4-15)23-28(2,25)26)13-14-27-18-9-5-16(6-10-18)19(20,21)22;/h3-10,23H,11-14H2,1-2H3;1H. The van der Waals surface area contributed by atoms with Crippen LogP contribution in [0, 0.1) is 0 Å². The monoisotopic (exact) mass is 452 g/mol. The third-order valence-corrected chi connectivity index (χ3v) is 4.57. The summed E-state index contributed by atoms with van der Waals surface area (Å²) < 4.78 is 67.8. The van der Waals surface area contributed by atoms with Crippen molar-refractivity contribution < 1.29 is 26.3 Å². The van der Waals surface area contributed by atoms with E-state index in [1.165, 1.54) is 12.1 Å². The second kappa shape index (κ2) is 10.7. The first-order valence-electron chi connectivity index (χ1n) is 8.58. The number of rotatable bonds is 9. The zero-order chi connectivity index (χ0) is 20.8. The van der Waals surface area contributed by atoms with Crippen LogP contribution in [0.15, 0.2) is 48.5 Å². The molecule has 0 unspecified atom stereocenters. The van der Waals surface area contributed by atoms with Gasteiger partial charge in [-0.1, -0.05) is 12.1 Å². The van der Waals surface area contributed by atoms with E-state index >= 15 is 0 Å². The van der Waals surface area contributed by atoms with Gasteiger partial charge in [0.05, 0.1) is 11.8 Å². The molecule has 0 amide bonds. The highest BCUT2D eigenvalue weighted by atomic mass is 35.5. The first-order valence-corrected chi connectivity index (χ1v) is 10.5. The molecule has 2 rings (SSSR count). The zero-order valence-corrected chi connectivity index (χ0v) is 17.7. The molecule has 0 atom stereocenters. The van der Waals surface area contributed by atoms with Crippen LogP contribution in [0.3, 0.4) is 0 Å². The first-order chi connectivity index (χ1) is 13.0. The number of sulfonamides is 1. The van der Waals surface area contributed by atoms with Crippen molar-refractivity contribution in [1.82, 2.24) is 4.90 Å². The Morgan fingerprint density at radius 3 is 2.10 bits per heavy atom. The summed E-state index contributed by atoms with van der Waals surface area (Å²) >= 11 is 0. The highest BCUT2D eigenvalue weighted by Crippen LogP contribution is 2.30. The van der Waals surface area contributed by atoms with E-state index in [1.807, 2.05) is 24.1 Å². The van der Waals surface area contributed by atoms with Gasteiger partial charge >= 0.3 is 6.18 Å². The number of anilines is 1. The van der Waals surface area contributed by atoms with E-state index in [-0.39, 0.29) is 12.4 Å². The van der Waals surface area contributed by atoms with Crippen molar-refractivity contribution in [3.63, 3.8) is 0 Å². The summed E-state index contributed by atoms with van der Waals surface area (Å²) in [6.45, 7) is 1.74. The smallest absolute Gasteiger partial charge is 0.416 e. The maximum absolute atomic E-state index is 12.5. The first kappa shape index (κ1) is 25.1. The zero-order valence-electron chi connectivity index (χ0n) is 16.1. The van der Waals surface area contributed by atoms with Gasteiger partial charge in [0.2, 0.25) is 10.0 Å². The third-order valence-electron chi connectivity index (χ3n) is 3.96. The lowest BCUT2D eigenvalue weighted by Crippen LogP contribution is -2.26. The molecule has 2 aromatic carbocycles. The minimum absolute atomic E-state index is 0. The molecule has 0 bridgehead atoms. The molecule has 1 N–H and O–H groups in total. The molecular weight excluding hydrogens is 429 g/mol. The van der Waals surface area contributed by atoms with E-state index in [2.05, 4.69) is 4.72 Å². The van der Waals surface area contributed by atoms with Crippen molar-refractivity contribution in [3.8, 4) is 5.75 Å². The van der Waals surface area contributed by atoms with E-state index < -0.39 is 21.8 Å². The Morgan fingerprint density at radius 1 is 1.00 bits per heavy atom. The molecule has 2 aromatic rings. The van der Waals surface area contributed by atoms with Gasteiger partial charge in [-0.05, 0) is 55.4 Å². The molecule has 0 heterocycles. The van der Waals surface area contributed by atoms with Gasteiger partial charge in [-0.3, -0.25) is 4.72 Å². The summed E-state index contributed by atoms with van der Waals surface area (Å²) in [4.78, 5) is 2.05. The number of alkyl halides is 3. The Balaban J connectivity index is 0.00000420. The van der Waals surface area contributed by atoms with Gasteiger partial charge in [-0.25, -0.2) is 8.42 Å². The molecule has 0 aliphatic rings. The summed E-state index contributed by atoms with van der Waals surface area (Å²) in [7, 11) is -1.36. The van der Waals surface area contributed by atoms with E-state index in [4.69, 9.17) is 4.74 Å². The summed E-state index contributed by atoms with van der Waals surface area (Å²) in [5.41, 5.74) is 0.883. The van der Waals surface area contributed by atoms with Crippen molar-refractivity contribution in [2.24, 2.45) is 0 Å². The summed E-state index contributed by atoms with van der Waals surface area (Å²) in [5, 5.41) is 0. The number of hydrogen-bond donors (Lipinski definition) is 1. The van der Waals surface area contributed by atoms with Crippen LogP contribution in [-0.4, -0.2) is 46.3 Å². The van der Waals surface area contributed by atoms with Gasteiger partial charge in [-0.15, -0.1) is 12.4 Å². The second-order valence-electron chi connectivity index (χ2n) is 6.50. The highest BCUT2D eigenvalue weighted by Gasteiger charge is 2.29. The molecule has 0 radical (unpaired) electrons. The van der Waals surface area contributed by atoms with Crippen molar-refractivity contribution in [1.29, 1.82) is 0 Å². The van der Waals surface area contributed by atoms with Gasteiger partial charge < -0.3 is 9.64 Å². The van der Waals surface area contributed by atoms with Crippen molar-refractivity contribution in [3.05, 3.63) is 59.7 Å². The van der Waals surface area contributed by atoms with E-state index in [1.54, 1.807) is 12.1 Å². The molecule has 0 saturated carbocycles. The fraction of sp³-hybridized carbons (Fsp3) is 0.368. The number of ether oxygens (including phenoxy) is 1. The molecule has 162 valence electrons. The SMILES string of the molecule is CN(CCOc1ccc(C(F)(F)F)cc1)CCc1ccc(NS(C)(=O)=O)cc1.Cl.